The van der Waals surface area contributed by atoms with Crippen molar-refractivity contribution in [3.05, 3.63) is 71.6 Å². The number of anilines is 1. The monoisotopic (exact) mass is 481 g/mol. The largest absolute Gasteiger partial charge is 0.440 e. The van der Waals surface area contributed by atoms with E-state index in [9.17, 15) is 18.0 Å². The van der Waals surface area contributed by atoms with Crippen LogP contribution in [0.4, 0.5) is 19.0 Å². The topological polar surface area (TPSA) is 84.2 Å². The number of aryl methyl sites for hydroxylation is 1. The van der Waals surface area contributed by atoms with Gasteiger partial charge >= 0.3 is 0 Å². The Kier molecular flexibility index (Phi) is 6.10. The molecule has 5 rings (SSSR count). The third-order valence-electron chi connectivity index (χ3n) is 6.03. The number of carbonyl (C=O) groups is 1. The van der Waals surface area contributed by atoms with Gasteiger partial charge in [0.25, 0.3) is 5.91 Å². The highest BCUT2D eigenvalue weighted by Gasteiger charge is 2.31. The maximum atomic E-state index is 13.6. The zero-order chi connectivity index (χ0) is 24.5. The highest BCUT2D eigenvalue weighted by atomic mass is 19.2. The summed E-state index contributed by atoms with van der Waals surface area (Å²) in [4.78, 5) is 28.1. The second-order valence-corrected chi connectivity index (χ2v) is 8.46. The van der Waals surface area contributed by atoms with Gasteiger partial charge in [-0.25, -0.2) is 23.1 Å². The van der Waals surface area contributed by atoms with Crippen LogP contribution in [0, 0.1) is 24.4 Å². The molecular formula is C25H22F3N5O2. The van der Waals surface area contributed by atoms with Crippen molar-refractivity contribution in [2.75, 3.05) is 18.4 Å². The first-order valence-corrected chi connectivity index (χ1v) is 11.3. The number of aromatic nitrogens is 3. The molecule has 0 aliphatic carbocycles. The molecule has 0 bridgehead atoms. The van der Waals surface area contributed by atoms with E-state index in [1.54, 1.807) is 24.0 Å². The third kappa shape index (κ3) is 4.68. The minimum Gasteiger partial charge on any atom is -0.440 e. The second kappa shape index (κ2) is 9.36. The summed E-state index contributed by atoms with van der Waals surface area (Å²) >= 11 is 0. The lowest BCUT2D eigenvalue weighted by atomic mass is 10.0. The number of oxazole rings is 1. The molecule has 1 N–H and O–H groups in total. The van der Waals surface area contributed by atoms with Gasteiger partial charge in [-0.05, 0) is 43.5 Å². The Labute approximate surface area is 199 Å². The summed E-state index contributed by atoms with van der Waals surface area (Å²) < 4.78 is 46.1. The zero-order valence-electron chi connectivity index (χ0n) is 18.9. The molecule has 1 saturated heterocycles. The normalized spacial score (nSPS) is 16.0. The molecule has 0 radical (unpaired) electrons. The number of nitrogens with zero attached hydrogens (tertiary/aromatic N) is 4. The first-order valence-electron chi connectivity index (χ1n) is 11.3. The first-order chi connectivity index (χ1) is 16.9. The molecule has 180 valence electrons. The summed E-state index contributed by atoms with van der Waals surface area (Å²) in [5, 5.41) is 3.17. The number of hydrogen-bond acceptors (Lipinski definition) is 6. The number of rotatable bonds is 5. The Morgan fingerprint density at radius 3 is 2.60 bits per heavy atom. The van der Waals surface area contributed by atoms with Crippen molar-refractivity contribution in [1.82, 2.24) is 19.9 Å². The molecule has 35 heavy (non-hydrogen) atoms. The van der Waals surface area contributed by atoms with Crippen LogP contribution in [0.15, 0.2) is 47.0 Å². The summed E-state index contributed by atoms with van der Waals surface area (Å²) in [5.74, 6) is -1.58. The molecule has 1 atom stereocenters. The Bertz CT molecular complexity index is 1390. The quantitative estimate of drug-likeness (QED) is 0.426. The number of amides is 1. The average molecular weight is 481 g/mol. The van der Waals surface area contributed by atoms with Crippen LogP contribution in [0.5, 0.6) is 0 Å². The fraction of sp³-hybridized carbons (Fsp3) is 0.280. The third-order valence-corrected chi connectivity index (χ3v) is 6.03. The Balaban J connectivity index is 1.36. The first kappa shape index (κ1) is 22.8. The van der Waals surface area contributed by atoms with E-state index < -0.39 is 11.6 Å². The summed E-state index contributed by atoms with van der Waals surface area (Å²) in [6.45, 7) is 2.60. The van der Waals surface area contributed by atoms with Gasteiger partial charge in [0.15, 0.2) is 29.0 Å². The summed E-state index contributed by atoms with van der Waals surface area (Å²) in [7, 11) is 0. The molecule has 2 aromatic heterocycles. The van der Waals surface area contributed by atoms with Crippen LogP contribution < -0.4 is 5.32 Å². The van der Waals surface area contributed by atoms with E-state index in [4.69, 9.17) is 4.42 Å². The van der Waals surface area contributed by atoms with Crippen LogP contribution in [-0.4, -0.2) is 44.9 Å². The lowest BCUT2D eigenvalue weighted by molar-refractivity contribution is 0.0623. The molecule has 0 unspecified atom stereocenters. The minimum absolute atomic E-state index is 0.156. The van der Waals surface area contributed by atoms with Gasteiger partial charge in [-0.15, -0.1) is 0 Å². The van der Waals surface area contributed by atoms with E-state index in [0.29, 0.717) is 36.1 Å². The van der Waals surface area contributed by atoms with Crippen molar-refractivity contribution < 1.29 is 22.4 Å². The molecule has 1 fully saturated rings. The van der Waals surface area contributed by atoms with Gasteiger partial charge in [0.05, 0.1) is 17.2 Å². The van der Waals surface area contributed by atoms with Gasteiger partial charge in [0, 0.05) is 43.8 Å². The van der Waals surface area contributed by atoms with Gasteiger partial charge in [-0.1, -0.05) is 0 Å². The maximum absolute atomic E-state index is 13.6. The number of halogens is 3. The molecule has 10 heteroatoms. The molecule has 0 spiro atoms. The van der Waals surface area contributed by atoms with Crippen molar-refractivity contribution in [1.29, 1.82) is 0 Å². The fourth-order valence-corrected chi connectivity index (χ4v) is 4.30. The summed E-state index contributed by atoms with van der Waals surface area (Å²) in [5.41, 5.74) is 1.23. The fourth-order valence-electron chi connectivity index (χ4n) is 4.30. The number of piperidine rings is 1. The molecule has 2 aromatic carbocycles. The maximum Gasteiger partial charge on any atom is 0.276 e. The van der Waals surface area contributed by atoms with Crippen LogP contribution in [-0.2, 0) is 0 Å². The lowest BCUT2D eigenvalue weighted by Gasteiger charge is -2.35. The van der Waals surface area contributed by atoms with E-state index >= 15 is 0 Å². The molecule has 7 nitrogen and oxygen atoms in total. The molecule has 4 aromatic rings. The highest BCUT2D eigenvalue weighted by Crippen LogP contribution is 2.28. The van der Waals surface area contributed by atoms with Crippen LogP contribution in [0.3, 0.4) is 0 Å². The van der Waals surface area contributed by atoms with Crippen LogP contribution in [0.2, 0.25) is 0 Å². The number of fused-ring (bicyclic) bond motifs is 1. The van der Waals surface area contributed by atoms with Gasteiger partial charge < -0.3 is 14.6 Å². The van der Waals surface area contributed by atoms with Crippen molar-refractivity contribution in [2.45, 2.75) is 32.2 Å². The van der Waals surface area contributed by atoms with Crippen molar-refractivity contribution >= 4 is 22.8 Å². The number of likely N-dealkylation sites (tertiary alicyclic amines) is 1. The van der Waals surface area contributed by atoms with Gasteiger partial charge in [0.1, 0.15) is 11.6 Å². The van der Waals surface area contributed by atoms with Crippen molar-refractivity contribution in [3.63, 3.8) is 0 Å². The van der Waals surface area contributed by atoms with Crippen molar-refractivity contribution in [2.24, 2.45) is 0 Å². The lowest BCUT2D eigenvalue weighted by Crippen LogP contribution is -2.47. The Hall–Kier alpha value is -3.95. The number of hydrogen-bond donors (Lipinski definition) is 1. The van der Waals surface area contributed by atoms with Crippen LogP contribution >= 0.6 is 0 Å². The van der Waals surface area contributed by atoms with Crippen molar-refractivity contribution in [3.8, 4) is 11.3 Å². The van der Waals surface area contributed by atoms with Crippen LogP contribution in [0.1, 0.15) is 35.6 Å². The zero-order valence-corrected chi connectivity index (χ0v) is 18.9. The Morgan fingerprint density at radius 2 is 1.83 bits per heavy atom. The molecule has 3 heterocycles. The molecular weight excluding hydrogens is 459 g/mol. The van der Waals surface area contributed by atoms with E-state index in [0.717, 1.165) is 31.4 Å². The SMILES string of the molecule is Cc1nc(C(=O)N2CCCC[C@H]2CNc2cnc3cc(F)c(F)cc3n2)c(-c2ccc(F)cc2)o1. The number of benzene rings is 2. The van der Waals surface area contributed by atoms with E-state index in [1.165, 1.54) is 18.3 Å². The Morgan fingerprint density at radius 1 is 1.09 bits per heavy atom. The van der Waals surface area contributed by atoms with E-state index in [2.05, 4.69) is 20.3 Å². The highest BCUT2D eigenvalue weighted by molar-refractivity contribution is 5.98. The molecule has 1 aliphatic heterocycles. The summed E-state index contributed by atoms with van der Waals surface area (Å²) in [6, 6.07) is 7.56. The average Bonchev–Trinajstić information content (AvgIpc) is 3.25. The molecule has 1 aliphatic rings. The van der Waals surface area contributed by atoms with E-state index in [1.807, 2.05) is 0 Å². The van der Waals surface area contributed by atoms with Gasteiger partial charge in [-0.3, -0.25) is 9.78 Å². The predicted molar refractivity (Wildman–Crippen MR) is 123 cm³/mol. The van der Waals surface area contributed by atoms with Gasteiger partial charge in [0.2, 0.25) is 0 Å². The summed E-state index contributed by atoms with van der Waals surface area (Å²) in [6.07, 6.45) is 4.02. The molecule has 0 saturated carbocycles. The number of nitrogens with one attached hydrogen (secondary N) is 1. The predicted octanol–water partition coefficient (Wildman–Crippen LogP) is 5.12. The van der Waals surface area contributed by atoms with E-state index in [-0.39, 0.29) is 34.5 Å². The smallest absolute Gasteiger partial charge is 0.276 e. The second-order valence-electron chi connectivity index (χ2n) is 8.46. The minimum atomic E-state index is -0.993. The van der Waals surface area contributed by atoms with Gasteiger partial charge in [-0.2, -0.15) is 0 Å². The standard InChI is InChI=1S/C25H22F3N5O2/c1-14-31-23(24(35-14)15-5-7-16(26)8-6-15)25(34)33-9-3-2-4-17(33)12-30-22-13-29-20-10-18(27)19(28)11-21(20)32-22/h5-8,10-11,13,17H,2-4,9,12H2,1H3,(H,30,32)/t17-/m0/s1. The molecule has 1 amide bonds. The number of carbonyl (C=O) groups excluding carboxylic acids is 1. The van der Waals surface area contributed by atoms with Crippen LogP contribution in [0.25, 0.3) is 22.4 Å².